The second-order valence-electron chi connectivity index (χ2n) is 5.54. The van der Waals surface area contributed by atoms with Crippen molar-refractivity contribution in [1.82, 2.24) is 10.6 Å². The number of pyridine rings is 1. The summed E-state index contributed by atoms with van der Waals surface area (Å²) in [7, 11) is 0. The molecule has 1 fully saturated rings. The molecule has 1 aliphatic carbocycles. The minimum atomic E-state index is -0.451. The van der Waals surface area contributed by atoms with E-state index in [0.717, 1.165) is 31.0 Å². The van der Waals surface area contributed by atoms with Crippen molar-refractivity contribution in [3.05, 3.63) is 29.6 Å². The Hall–Kier alpha value is -1.76. The van der Waals surface area contributed by atoms with Crippen molar-refractivity contribution in [3.8, 4) is 0 Å². The van der Waals surface area contributed by atoms with Gasteiger partial charge in [-0.3, -0.25) is 10.1 Å². The Kier molecular flexibility index (Phi) is 6.06. The van der Waals surface area contributed by atoms with Crippen LogP contribution in [-0.2, 0) is 4.79 Å². The zero-order valence-electron chi connectivity index (χ0n) is 12.6. The maximum absolute atomic E-state index is 11.8. The van der Waals surface area contributed by atoms with Crippen molar-refractivity contribution in [2.75, 3.05) is 5.75 Å². The van der Waals surface area contributed by atoms with Crippen molar-refractivity contribution in [2.45, 2.75) is 43.7 Å². The number of nitrogens with zero attached hydrogens (tertiary/aromatic N) is 1. The van der Waals surface area contributed by atoms with Gasteiger partial charge in [0.2, 0.25) is 5.91 Å². The predicted octanol–water partition coefficient (Wildman–Crippen LogP) is 1.82. The van der Waals surface area contributed by atoms with Gasteiger partial charge in [0, 0.05) is 18.2 Å². The first kappa shape index (κ1) is 16.6. The van der Waals surface area contributed by atoms with Gasteiger partial charge in [0.15, 0.2) is 6.20 Å². The number of aromatic nitrogens is 1. The number of imide groups is 1. The van der Waals surface area contributed by atoms with Gasteiger partial charge in [-0.2, -0.15) is 4.73 Å². The zero-order chi connectivity index (χ0) is 15.9. The van der Waals surface area contributed by atoms with Crippen molar-refractivity contribution in [3.63, 3.8) is 0 Å². The molecular weight excluding hydrogens is 302 g/mol. The fraction of sp³-hybridized carbons (Fsp3) is 0.533. The van der Waals surface area contributed by atoms with Gasteiger partial charge in [0.25, 0.3) is 5.03 Å². The topological polar surface area (TPSA) is 85.1 Å². The molecule has 0 aliphatic heterocycles. The number of nitrogens with one attached hydrogen (secondary N) is 2. The monoisotopic (exact) mass is 323 g/mol. The molecule has 22 heavy (non-hydrogen) atoms. The summed E-state index contributed by atoms with van der Waals surface area (Å²) in [6.07, 6.45) is 5.74. The number of carbonyl (C=O) groups excluding carboxylic acids is 2. The SMILES string of the molecule is C[C@H]1CCCC[C@H]1NC(=O)NC(=O)CSc1cccc[n+]1[O-]. The fourth-order valence-corrected chi connectivity index (χ4v) is 3.28. The normalized spacial score (nSPS) is 21.1. The molecule has 0 saturated heterocycles. The molecule has 0 radical (unpaired) electrons. The summed E-state index contributed by atoms with van der Waals surface area (Å²) < 4.78 is 0.696. The molecule has 1 aromatic rings. The first-order chi connectivity index (χ1) is 10.6. The molecule has 0 unspecified atom stereocenters. The maximum atomic E-state index is 11.8. The summed E-state index contributed by atoms with van der Waals surface area (Å²) in [4.78, 5) is 23.6. The molecule has 2 N–H and O–H groups in total. The van der Waals surface area contributed by atoms with Crippen LogP contribution in [0.1, 0.15) is 32.6 Å². The van der Waals surface area contributed by atoms with Gasteiger partial charge in [-0.1, -0.05) is 19.8 Å². The van der Waals surface area contributed by atoms with E-state index in [1.165, 1.54) is 12.6 Å². The van der Waals surface area contributed by atoms with Gasteiger partial charge in [0.05, 0.1) is 5.75 Å². The smallest absolute Gasteiger partial charge is 0.321 e. The van der Waals surface area contributed by atoms with Gasteiger partial charge in [0.1, 0.15) is 0 Å². The molecule has 3 amide bonds. The number of carbonyl (C=O) groups is 2. The number of hydrogen-bond donors (Lipinski definition) is 2. The minimum Gasteiger partial charge on any atom is -0.618 e. The molecular formula is C15H21N3O3S. The minimum absolute atomic E-state index is 0.0277. The lowest BCUT2D eigenvalue weighted by Gasteiger charge is -2.29. The zero-order valence-corrected chi connectivity index (χ0v) is 13.4. The van der Waals surface area contributed by atoms with Crippen LogP contribution in [0.25, 0.3) is 0 Å². The average molecular weight is 323 g/mol. The number of amides is 3. The highest BCUT2D eigenvalue weighted by atomic mass is 32.2. The number of rotatable bonds is 4. The van der Waals surface area contributed by atoms with Crippen LogP contribution in [0.5, 0.6) is 0 Å². The molecule has 7 heteroatoms. The van der Waals surface area contributed by atoms with Gasteiger partial charge in [-0.15, -0.1) is 0 Å². The number of hydrogen-bond acceptors (Lipinski definition) is 4. The highest BCUT2D eigenvalue weighted by Crippen LogP contribution is 2.23. The average Bonchev–Trinajstić information content (AvgIpc) is 2.49. The third-order valence-electron chi connectivity index (χ3n) is 3.82. The second-order valence-corrected chi connectivity index (χ2v) is 6.54. The van der Waals surface area contributed by atoms with Crippen LogP contribution in [0.4, 0.5) is 4.79 Å². The lowest BCUT2D eigenvalue weighted by molar-refractivity contribution is -0.645. The number of thioether (sulfide) groups is 1. The van der Waals surface area contributed by atoms with E-state index in [2.05, 4.69) is 17.6 Å². The van der Waals surface area contributed by atoms with Crippen molar-refractivity contribution in [1.29, 1.82) is 0 Å². The van der Waals surface area contributed by atoms with Crippen LogP contribution in [0.15, 0.2) is 29.4 Å². The molecule has 1 aliphatic rings. The van der Waals surface area contributed by atoms with Gasteiger partial charge >= 0.3 is 6.03 Å². The molecule has 0 spiro atoms. The lowest BCUT2D eigenvalue weighted by Crippen LogP contribution is -2.48. The Labute approximate surface area is 134 Å². The first-order valence-electron chi connectivity index (χ1n) is 7.47. The van der Waals surface area contributed by atoms with Crippen molar-refractivity contribution in [2.24, 2.45) is 5.92 Å². The molecule has 120 valence electrons. The van der Waals surface area contributed by atoms with E-state index in [1.54, 1.807) is 18.2 Å². The summed E-state index contributed by atoms with van der Waals surface area (Å²) >= 11 is 1.10. The Morgan fingerprint density at radius 3 is 2.86 bits per heavy atom. The van der Waals surface area contributed by atoms with E-state index in [4.69, 9.17) is 0 Å². The Morgan fingerprint density at radius 2 is 2.14 bits per heavy atom. The van der Waals surface area contributed by atoms with Gasteiger partial charge in [-0.25, -0.2) is 4.79 Å². The van der Waals surface area contributed by atoms with E-state index in [0.29, 0.717) is 15.7 Å². The van der Waals surface area contributed by atoms with E-state index < -0.39 is 11.9 Å². The van der Waals surface area contributed by atoms with Crippen molar-refractivity contribution < 1.29 is 14.3 Å². The molecule has 0 aromatic carbocycles. The fourth-order valence-electron chi connectivity index (χ4n) is 2.56. The molecule has 2 rings (SSSR count). The van der Waals surface area contributed by atoms with Crippen LogP contribution >= 0.6 is 11.8 Å². The van der Waals surface area contributed by atoms with Crippen LogP contribution in [0.2, 0.25) is 0 Å². The highest BCUT2D eigenvalue weighted by Gasteiger charge is 2.23. The summed E-state index contributed by atoms with van der Waals surface area (Å²) in [5.41, 5.74) is 0. The van der Waals surface area contributed by atoms with Gasteiger partial charge < -0.3 is 10.5 Å². The summed E-state index contributed by atoms with van der Waals surface area (Å²) in [5.74, 6) is 0.0578. The summed E-state index contributed by atoms with van der Waals surface area (Å²) in [5, 5.41) is 17.0. The third kappa shape index (κ3) is 4.91. The quantitative estimate of drug-likeness (QED) is 0.503. The van der Waals surface area contributed by atoms with E-state index in [1.807, 2.05) is 0 Å². The van der Waals surface area contributed by atoms with E-state index in [-0.39, 0.29) is 11.8 Å². The molecule has 2 atom stereocenters. The van der Waals surface area contributed by atoms with E-state index >= 15 is 0 Å². The van der Waals surface area contributed by atoms with Crippen LogP contribution in [0, 0.1) is 11.1 Å². The standard InChI is InChI=1S/C15H21N3O3S/c1-11-6-2-3-7-12(11)16-15(20)17-13(19)10-22-14-8-4-5-9-18(14)21/h4-5,8-9,11-12H,2-3,6-7,10H2,1H3,(H2,16,17,19,20)/t11-,12+/m0/s1. The Morgan fingerprint density at radius 1 is 1.36 bits per heavy atom. The lowest BCUT2D eigenvalue weighted by atomic mass is 9.86. The van der Waals surface area contributed by atoms with Gasteiger partial charge in [-0.05, 0) is 36.6 Å². The molecule has 1 saturated carbocycles. The van der Waals surface area contributed by atoms with Crippen LogP contribution in [0.3, 0.4) is 0 Å². The summed E-state index contributed by atoms with van der Waals surface area (Å²) in [6, 6.07) is 4.66. The van der Waals surface area contributed by atoms with E-state index in [9.17, 15) is 14.8 Å². The molecule has 1 aromatic heterocycles. The Bertz CT molecular complexity index is 539. The maximum Gasteiger partial charge on any atom is 0.321 e. The van der Waals surface area contributed by atoms with Crippen LogP contribution in [-0.4, -0.2) is 23.7 Å². The first-order valence-corrected chi connectivity index (χ1v) is 8.46. The highest BCUT2D eigenvalue weighted by molar-refractivity contribution is 7.99. The van der Waals surface area contributed by atoms with Crippen molar-refractivity contribution >= 4 is 23.7 Å². The molecule has 0 bridgehead atoms. The third-order valence-corrected chi connectivity index (χ3v) is 4.84. The molecule has 6 nitrogen and oxygen atoms in total. The molecule has 1 heterocycles. The number of urea groups is 1. The Balaban J connectivity index is 1.74. The second kappa shape index (κ2) is 8.03. The van der Waals surface area contributed by atoms with Crippen LogP contribution < -0.4 is 15.4 Å². The largest absolute Gasteiger partial charge is 0.618 e. The predicted molar refractivity (Wildman–Crippen MR) is 84.2 cm³/mol. The summed E-state index contributed by atoms with van der Waals surface area (Å²) in [6.45, 7) is 2.12.